The average molecular weight is 507 g/mol. The van der Waals surface area contributed by atoms with Crippen LogP contribution in [-0.2, 0) is 11.3 Å². The van der Waals surface area contributed by atoms with Crippen molar-refractivity contribution in [3.05, 3.63) is 68.8 Å². The van der Waals surface area contributed by atoms with Gasteiger partial charge in [-0.1, -0.05) is 34.1 Å². The maximum absolute atomic E-state index is 12.6. The topological polar surface area (TPSA) is 110 Å². The minimum absolute atomic E-state index is 0.00686. The monoisotopic (exact) mass is 505 g/mol. The third-order valence-corrected chi connectivity index (χ3v) is 6.28. The Bertz CT molecular complexity index is 1180. The first-order valence-corrected chi connectivity index (χ1v) is 10.7. The largest absolute Gasteiger partial charge is 0.338 e. The number of hydrogen-bond acceptors (Lipinski definition) is 5. The van der Waals surface area contributed by atoms with E-state index in [0.29, 0.717) is 25.0 Å². The van der Waals surface area contributed by atoms with Crippen molar-refractivity contribution < 1.29 is 14.5 Å². The van der Waals surface area contributed by atoms with Gasteiger partial charge < -0.3 is 5.32 Å². The highest BCUT2D eigenvalue weighted by atomic mass is 79.9. The smallest absolute Gasteiger partial charge is 0.324 e. The summed E-state index contributed by atoms with van der Waals surface area (Å²) in [5.74, 6) is -0.440. The number of β-lactam (4-membered cyclic amide) rings is 1. The number of imide groups is 1. The molecule has 3 aromatic rings. The standard InChI is InChI=1S/C20H17BrClN5O4/c21-15-5-2-1-4-14(15)18-17(22)19(28)26(18)20(29)23-8-3-9-25-16-10-13(27(30)31)7-6-12(16)11-24-25/h1-2,4-7,10-11,17-18H,3,8-9H2,(H,23,29). The number of nitro groups is 1. The number of hydrogen-bond donors (Lipinski definition) is 1. The van der Waals surface area contributed by atoms with E-state index in [1.807, 2.05) is 24.3 Å². The number of nitro benzene ring substituents is 1. The normalized spacial score (nSPS) is 18.1. The fourth-order valence-corrected chi connectivity index (χ4v) is 4.42. The summed E-state index contributed by atoms with van der Waals surface area (Å²) in [6.45, 7) is 0.749. The molecule has 1 aliphatic rings. The van der Waals surface area contributed by atoms with E-state index in [1.165, 1.54) is 12.1 Å². The fraction of sp³-hybridized carbons (Fsp3) is 0.250. The summed E-state index contributed by atoms with van der Waals surface area (Å²) in [5.41, 5.74) is 1.41. The lowest BCUT2D eigenvalue weighted by Gasteiger charge is -2.43. The number of nitrogens with zero attached hydrogens (tertiary/aromatic N) is 4. The van der Waals surface area contributed by atoms with Crippen molar-refractivity contribution in [3.63, 3.8) is 0 Å². The van der Waals surface area contributed by atoms with Gasteiger partial charge in [0.15, 0.2) is 0 Å². The number of carbonyl (C=O) groups is 2. The number of halogens is 2. The lowest BCUT2D eigenvalue weighted by atomic mass is 9.94. The molecule has 31 heavy (non-hydrogen) atoms. The highest BCUT2D eigenvalue weighted by molar-refractivity contribution is 9.10. The molecule has 2 heterocycles. The Kier molecular flexibility index (Phi) is 5.92. The van der Waals surface area contributed by atoms with Crippen LogP contribution < -0.4 is 5.32 Å². The average Bonchev–Trinajstić information content (AvgIpc) is 3.17. The van der Waals surface area contributed by atoms with E-state index < -0.39 is 28.3 Å². The van der Waals surface area contributed by atoms with Crippen molar-refractivity contribution in [2.75, 3.05) is 6.54 Å². The SMILES string of the molecule is O=C(NCCCn1ncc2ccc([N+](=O)[O-])cc21)N1C(=O)C(Cl)C1c1ccccc1Br. The predicted octanol–water partition coefficient (Wildman–Crippen LogP) is 4.00. The van der Waals surface area contributed by atoms with Crippen LogP contribution in [0.5, 0.6) is 0 Å². The van der Waals surface area contributed by atoms with Gasteiger partial charge in [0.1, 0.15) is 5.38 Å². The van der Waals surface area contributed by atoms with Crippen LogP contribution in [-0.4, -0.2) is 43.5 Å². The van der Waals surface area contributed by atoms with E-state index in [1.54, 1.807) is 16.9 Å². The number of urea groups is 1. The third kappa shape index (κ3) is 4.00. The van der Waals surface area contributed by atoms with Gasteiger partial charge in [0.25, 0.3) is 11.6 Å². The van der Waals surface area contributed by atoms with Gasteiger partial charge in [0.2, 0.25) is 0 Å². The summed E-state index contributed by atoms with van der Waals surface area (Å²) < 4.78 is 2.43. The molecule has 1 N–H and O–H groups in total. The number of amides is 3. The van der Waals surface area contributed by atoms with Crippen LogP contribution in [0.3, 0.4) is 0 Å². The third-order valence-electron chi connectivity index (χ3n) is 5.13. The van der Waals surface area contributed by atoms with Crippen LogP contribution in [0, 0.1) is 10.1 Å². The molecule has 2 atom stereocenters. The number of benzene rings is 2. The number of fused-ring (bicyclic) bond motifs is 1. The second kappa shape index (κ2) is 8.64. The summed E-state index contributed by atoms with van der Waals surface area (Å²) in [4.78, 5) is 36.5. The Morgan fingerprint density at radius 1 is 1.29 bits per heavy atom. The highest BCUT2D eigenvalue weighted by Crippen LogP contribution is 2.41. The quantitative estimate of drug-likeness (QED) is 0.179. The Balaban J connectivity index is 1.37. The van der Waals surface area contributed by atoms with Crippen LogP contribution in [0.4, 0.5) is 10.5 Å². The minimum atomic E-state index is -0.796. The zero-order chi connectivity index (χ0) is 22.1. The number of alkyl halides is 1. The number of rotatable bonds is 6. The first kappa shape index (κ1) is 21.3. The zero-order valence-corrected chi connectivity index (χ0v) is 18.4. The zero-order valence-electron chi connectivity index (χ0n) is 16.1. The maximum atomic E-state index is 12.6. The van der Waals surface area contributed by atoms with Gasteiger partial charge in [-0.15, -0.1) is 11.6 Å². The van der Waals surface area contributed by atoms with Crippen LogP contribution in [0.15, 0.2) is 53.1 Å². The Labute approximate surface area is 190 Å². The summed E-state index contributed by atoms with van der Waals surface area (Å²) in [5, 5.41) is 18.0. The van der Waals surface area contributed by atoms with Crippen LogP contribution in [0.2, 0.25) is 0 Å². The first-order chi connectivity index (χ1) is 14.9. The number of carbonyl (C=O) groups excluding carboxylic acids is 2. The van der Waals surface area contributed by atoms with Crippen LogP contribution in [0.1, 0.15) is 18.0 Å². The molecule has 1 aromatic heterocycles. The van der Waals surface area contributed by atoms with Gasteiger partial charge in [0, 0.05) is 35.1 Å². The number of nitrogens with one attached hydrogen (secondary N) is 1. The Hall–Kier alpha value is -2.98. The van der Waals surface area contributed by atoms with Crippen molar-refractivity contribution in [1.82, 2.24) is 20.0 Å². The number of non-ortho nitro benzene ring substituents is 1. The molecule has 2 aromatic carbocycles. The van der Waals surface area contributed by atoms with Gasteiger partial charge in [-0.25, -0.2) is 4.79 Å². The van der Waals surface area contributed by atoms with E-state index >= 15 is 0 Å². The van der Waals surface area contributed by atoms with Crippen molar-refractivity contribution >= 4 is 56.1 Å². The first-order valence-electron chi connectivity index (χ1n) is 9.48. The molecule has 0 aliphatic carbocycles. The summed E-state index contributed by atoms with van der Waals surface area (Å²) in [6, 6.07) is 10.8. The molecule has 1 fully saturated rings. The van der Waals surface area contributed by atoms with E-state index in [2.05, 4.69) is 26.3 Å². The molecule has 2 unspecified atom stereocenters. The molecule has 11 heteroatoms. The molecule has 4 rings (SSSR count). The summed E-state index contributed by atoms with van der Waals surface area (Å²) in [6.07, 6.45) is 2.16. The molecule has 160 valence electrons. The van der Waals surface area contributed by atoms with E-state index in [0.717, 1.165) is 20.3 Å². The van der Waals surface area contributed by atoms with Crippen molar-refractivity contribution in [3.8, 4) is 0 Å². The number of aromatic nitrogens is 2. The summed E-state index contributed by atoms with van der Waals surface area (Å²) in [7, 11) is 0. The van der Waals surface area contributed by atoms with Crippen molar-refractivity contribution in [2.24, 2.45) is 0 Å². The minimum Gasteiger partial charge on any atom is -0.338 e. The molecule has 3 amide bonds. The number of aryl methyl sites for hydroxylation is 1. The lowest BCUT2D eigenvalue weighted by Crippen LogP contribution is -2.61. The fourth-order valence-electron chi connectivity index (χ4n) is 3.55. The molecule has 9 nitrogen and oxygen atoms in total. The Morgan fingerprint density at radius 2 is 2.06 bits per heavy atom. The van der Waals surface area contributed by atoms with Gasteiger partial charge in [0.05, 0.1) is 22.7 Å². The van der Waals surface area contributed by atoms with E-state index in [-0.39, 0.29) is 5.69 Å². The molecule has 0 radical (unpaired) electrons. The second-order valence-electron chi connectivity index (χ2n) is 7.03. The maximum Gasteiger partial charge on any atom is 0.324 e. The van der Waals surface area contributed by atoms with E-state index in [4.69, 9.17) is 11.6 Å². The van der Waals surface area contributed by atoms with Crippen LogP contribution >= 0.6 is 27.5 Å². The second-order valence-corrected chi connectivity index (χ2v) is 8.35. The van der Waals surface area contributed by atoms with Crippen molar-refractivity contribution in [1.29, 1.82) is 0 Å². The molecule has 1 aliphatic heterocycles. The van der Waals surface area contributed by atoms with Gasteiger partial charge >= 0.3 is 6.03 Å². The van der Waals surface area contributed by atoms with Gasteiger partial charge in [-0.2, -0.15) is 5.10 Å². The molecule has 0 bridgehead atoms. The Morgan fingerprint density at radius 3 is 2.81 bits per heavy atom. The molecule has 1 saturated heterocycles. The highest BCUT2D eigenvalue weighted by Gasteiger charge is 2.51. The van der Waals surface area contributed by atoms with E-state index in [9.17, 15) is 19.7 Å². The van der Waals surface area contributed by atoms with Crippen LogP contribution in [0.25, 0.3) is 10.9 Å². The molecule has 0 spiro atoms. The van der Waals surface area contributed by atoms with Gasteiger partial charge in [-0.3, -0.25) is 24.5 Å². The van der Waals surface area contributed by atoms with Crippen molar-refractivity contribution in [2.45, 2.75) is 24.4 Å². The predicted molar refractivity (Wildman–Crippen MR) is 118 cm³/mol. The number of likely N-dealkylation sites (tertiary alicyclic amines) is 1. The summed E-state index contributed by atoms with van der Waals surface area (Å²) >= 11 is 9.61. The molecule has 0 saturated carbocycles. The van der Waals surface area contributed by atoms with Gasteiger partial charge in [-0.05, 0) is 24.1 Å². The molecular weight excluding hydrogens is 490 g/mol. The molecular formula is C20H17BrClN5O4. The lowest BCUT2D eigenvalue weighted by molar-refractivity contribution is -0.384.